The molecule has 1 saturated carbocycles. The van der Waals surface area contributed by atoms with Gasteiger partial charge in [-0.05, 0) is 56.4 Å². The first-order chi connectivity index (χ1) is 16.5. The number of ether oxygens (including phenoxy) is 1. The molecule has 5 atom stereocenters. The standard InChI is InChI=1S/C29H44O5/c1-2-3-21-34-29(33)18-10-5-4-9-17-25-26(28(32)22-27(25)31)20-19-24(30)16-12-11-15-23-13-7-6-8-14-23/h4,6-9,13-14,19-20,24-28,30-32H,2-3,5,10-12,15-18,21-22H2,1H3/b9-4-,20-19+/t24-,25+,26?,27-,28+/m0/s1. The van der Waals surface area contributed by atoms with E-state index in [0.717, 1.165) is 44.9 Å². The van der Waals surface area contributed by atoms with Gasteiger partial charge in [0.05, 0.1) is 24.9 Å². The Morgan fingerprint density at radius 1 is 1.09 bits per heavy atom. The second-order valence-electron chi connectivity index (χ2n) is 9.47. The Kier molecular flexibility index (Phi) is 13.8. The Morgan fingerprint density at radius 3 is 2.65 bits per heavy atom. The Morgan fingerprint density at radius 2 is 1.88 bits per heavy atom. The van der Waals surface area contributed by atoms with Crippen LogP contribution in [0.25, 0.3) is 0 Å². The molecule has 1 aromatic carbocycles. The Bertz CT molecular complexity index is 729. The topological polar surface area (TPSA) is 87.0 Å². The minimum atomic E-state index is -0.590. The Balaban J connectivity index is 1.68. The lowest BCUT2D eigenvalue weighted by molar-refractivity contribution is -0.143. The van der Waals surface area contributed by atoms with Crippen molar-refractivity contribution in [2.24, 2.45) is 11.8 Å². The molecule has 0 aromatic heterocycles. The summed E-state index contributed by atoms with van der Waals surface area (Å²) in [6, 6.07) is 10.4. The van der Waals surface area contributed by atoms with E-state index >= 15 is 0 Å². The van der Waals surface area contributed by atoms with Gasteiger partial charge in [-0.3, -0.25) is 4.79 Å². The molecule has 1 aromatic rings. The number of esters is 1. The SMILES string of the molecule is CCCCOC(=O)CCC/C=C\C[C@@H]1C(/C=C/[C@@H](O)CCCCc2ccccc2)[C@H](O)C[C@@H]1O. The number of carbonyl (C=O) groups is 1. The van der Waals surface area contributed by atoms with Crippen molar-refractivity contribution in [2.45, 2.75) is 95.9 Å². The fraction of sp³-hybridized carbons (Fsp3) is 0.621. The Labute approximate surface area is 205 Å². The lowest BCUT2D eigenvalue weighted by atomic mass is 9.89. The molecule has 0 aliphatic heterocycles. The van der Waals surface area contributed by atoms with Crippen molar-refractivity contribution in [3.8, 4) is 0 Å². The zero-order valence-electron chi connectivity index (χ0n) is 20.7. The third kappa shape index (κ3) is 11.0. The second kappa shape index (κ2) is 16.6. The second-order valence-corrected chi connectivity index (χ2v) is 9.47. The van der Waals surface area contributed by atoms with Gasteiger partial charge in [-0.15, -0.1) is 0 Å². The highest BCUT2D eigenvalue weighted by atomic mass is 16.5. The van der Waals surface area contributed by atoms with E-state index in [0.29, 0.717) is 32.3 Å². The van der Waals surface area contributed by atoms with E-state index in [-0.39, 0.29) is 17.8 Å². The molecule has 1 aliphatic rings. The van der Waals surface area contributed by atoms with Gasteiger partial charge in [-0.1, -0.05) is 74.4 Å². The molecule has 2 rings (SSSR count). The fourth-order valence-corrected chi connectivity index (χ4v) is 4.52. The van der Waals surface area contributed by atoms with Crippen LogP contribution in [0.2, 0.25) is 0 Å². The molecule has 0 heterocycles. The molecule has 0 saturated heterocycles. The predicted octanol–water partition coefficient (Wildman–Crippen LogP) is 5.13. The fourth-order valence-electron chi connectivity index (χ4n) is 4.52. The summed E-state index contributed by atoms with van der Waals surface area (Å²) in [5.41, 5.74) is 1.32. The highest BCUT2D eigenvalue weighted by molar-refractivity contribution is 5.69. The van der Waals surface area contributed by atoms with Crippen molar-refractivity contribution in [3.63, 3.8) is 0 Å². The summed E-state index contributed by atoms with van der Waals surface area (Å²) in [6.07, 6.45) is 14.7. The third-order valence-electron chi connectivity index (χ3n) is 6.62. The summed E-state index contributed by atoms with van der Waals surface area (Å²) in [6.45, 7) is 2.57. The third-order valence-corrected chi connectivity index (χ3v) is 6.62. The summed E-state index contributed by atoms with van der Waals surface area (Å²) in [4.78, 5) is 11.6. The van der Waals surface area contributed by atoms with Gasteiger partial charge in [0.15, 0.2) is 0 Å². The van der Waals surface area contributed by atoms with Crippen LogP contribution >= 0.6 is 0 Å². The maximum atomic E-state index is 11.6. The minimum Gasteiger partial charge on any atom is -0.466 e. The van der Waals surface area contributed by atoms with Crippen molar-refractivity contribution in [2.75, 3.05) is 6.61 Å². The van der Waals surface area contributed by atoms with Crippen LogP contribution in [0, 0.1) is 11.8 Å². The van der Waals surface area contributed by atoms with E-state index < -0.39 is 18.3 Å². The van der Waals surface area contributed by atoms with E-state index in [2.05, 4.69) is 19.1 Å². The molecule has 5 heteroatoms. The molecule has 1 aliphatic carbocycles. The van der Waals surface area contributed by atoms with Crippen LogP contribution in [0.1, 0.15) is 76.7 Å². The maximum Gasteiger partial charge on any atom is 0.305 e. The lowest BCUT2D eigenvalue weighted by Crippen LogP contribution is -2.20. The smallest absolute Gasteiger partial charge is 0.305 e. The molecule has 0 amide bonds. The van der Waals surface area contributed by atoms with Gasteiger partial charge in [0, 0.05) is 18.8 Å². The van der Waals surface area contributed by atoms with Crippen molar-refractivity contribution >= 4 is 5.97 Å². The molecule has 0 bridgehead atoms. The number of unbranched alkanes of at least 4 members (excludes halogenated alkanes) is 3. The number of allylic oxidation sites excluding steroid dienone is 2. The van der Waals surface area contributed by atoms with Crippen LogP contribution in [0.5, 0.6) is 0 Å². The molecular weight excluding hydrogens is 428 g/mol. The lowest BCUT2D eigenvalue weighted by Gasteiger charge is -2.19. The normalized spacial score (nSPS) is 23.6. The van der Waals surface area contributed by atoms with Crippen molar-refractivity contribution in [1.82, 2.24) is 0 Å². The van der Waals surface area contributed by atoms with Gasteiger partial charge >= 0.3 is 5.97 Å². The number of hydrogen-bond acceptors (Lipinski definition) is 5. The average Bonchev–Trinajstić information content (AvgIpc) is 3.10. The molecule has 34 heavy (non-hydrogen) atoms. The van der Waals surface area contributed by atoms with E-state index in [1.807, 2.05) is 36.4 Å². The summed E-state index contributed by atoms with van der Waals surface area (Å²) in [7, 11) is 0. The van der Waals surface area contributed by atoms with E-state index in [4.69, 9.17) is 4.74 Å². The molecule has 1 fully saturated rings. The molecule has 3 N–H and O–H groups in total. The van der Waals surface area contributed by atoms with Gasteiger partial charge in [0.25, 0.3) is 0 Å². The molecule has 1 unspecified atom stereocenters. The summed E-state index contributed by atoms with van der Waals surface area (Å²) < 4.78 is 5.16. The molecule has 5 nitrogen and oxygen atoms in total. The molecule has 190 valence electrons. The number of hydrogen-bond donors (Lipinski definition) is 3. The predicted molar refractivity (Wildman–Crippen MR) is 136 cm³/mol. The quantitative estimate of drug-likeness (QED) is 0.176. The zero-order valence-corrected chi connectivity index (χ0v) is 20.7. The molecular formula is C29H44O5. The van der Waals surface area contributed by atoms with Gasteiger partial charge in [0.1, 0.15) is 0 Å². The van der Waals surface area contributed by atoms with Crippen LogP contribution in [-0.2, 0) is 16.0 Å². The van der Waals surface area contributed by atoms with Crippen LogP contribution in [0.4, 0.5) is 0 Å². The van der Waals surface area contributed by atoms with Gasteiger partial charge < -0.3 is 20.1 Å². The molecule has 0 radical (unpaired) electrons. The maximum absolute atomic E-state index is 11.6. The number of aliphatic hydroxyl groups is 3. The van der Waals surface area contributed by atoms with Crippen molar-refractivity contribution < 1.29 is 24.9 Å². The number of benzene rings is 1. The monoisotopic (exact) mass is 472 g/mol. The van der Waals surface area contributed by atoms with Crippen LogP contribution < -0.4 is 0 Å². The van der Waals surface area contributed by atoms with E-state index in [9.17, 15) is 20.1 Å². The summed E-state index contributed by atoms with van der Waals surface area (Å²) in [5.74, 6) is -0.362. The van der Waals surface area contributed by atoms with E-state index in [1.165, 1.54) is 5.56 Å². The molecule has 0 spiro atoms. The number of rotatable bonds is 16. The van der Waals surface area contributed by atoms with E-state index in [1.54, 1.807) is 6.08 Å². The largest absolute Gasteiger partial charge is 0.466 e. The first kappa shape index (κ1) is 28.3. The van der Waals surface area contributed by atoms with Gasteiger partial charge in [0.2, 0.25) is 0 Å². The average molecular weight is 473 g/mol. The highest BCUT2D eigenvalue weighted by Gasteiger charge is 2.39. The first-order valence-corrected chi connectivity index (χ1v) is 13.1. The van der Waals surface area contributed by atoms with Gasteiger partial charge in [-0.25, -0.2) is 0 Å². The zero-order chi connectivity index (χ0) is 24.6. The summed E-state index contributed by atoms with van der Waals surface area (Å²) in [5, 5.41) is 31.2. The summed E-state index contributed by atoms with van der Waals surface area (Å²) >= 11 is 0. The minimum absolute atomic E-state index is 0.0632. The first-order valence-electron chi connectivity index (χ1n) is 13.1. The van der Waals surface area contributed by atoms with Crippen LogP contribution in [-0.4, -0.2) is 46.2 Å². The number of carbonyl (C=O) groups excluding carboxylic acids is 1. The van der Waals surface area contributed by atoms with Crippen molar-refractivity contribution in [1.29, 1.82) is 0 Å². The number of aryl methyl sites for hydroxylation is 1. The highest BCUT2D eigenvalue weighted by Crippen LogP contribution is 2.36. The van der Waals surface area contributed by atoms with Crippen LogP contribution in [0.15, 0.2) is 54.6 Å². The van der Waals surface area contributed by atoms with Crippen LogP contribution in [0.3, 0.4) is 0 Å². The Hall–Kier alpha value is -1.95. The number of aliphatic hydroxyl groups excluding tert-OH is 3. The van der Waals surface area contributed by atoms with Crippen molar-refractivity contribution in [3.05, 3.63) is 60.2 Å². The van der Waals surface area contributed by atoms with Gasteiger partial charge in [-0.2, -0.15) is 0 Å².